The number of furan rings is 1. The highest BCUT2D eigenvalue weighted by Gasteiger charge is 2.25. The van der Waals surface area contributed by atoms with E-state index in [-0.39, 0.29) is 5.91 Å². The highest BCUT2D eigenvalue weighted by Crippen LogP contribution is 2.17. The quantitative estimate of drug-likeness (QED) is 0.766. The Morgan fingerprint density at radius 3 is 2.92 bits per heavy atom. The first-order chi connectivity index (χ1) is 12.2. The second-order valence-electron chi connectivity index (χ2n) is 6.53. The lowest BCUT2D eigenvalue weighted by atomic mass is 10.2. The molecule has 1 atom stereocenters. The second-order valence-corrected chi connectivity index (χ2v) is 6.53. The van der Waals surface area contributed by atoms with E-state index in [0.29, 0.717) is 25.2 Å². The van der Waals surface area contributed by atoms with E-state index in [1.165, 1.54) is 17.9 Å². The minimum absolute atomic E-state index is 0.0970. The molecule has 2 aromatic heterocycles. The zero-order chi connectivity index (χ0) is 17.2. The summed E-state index contributed by atoms with van der Waals surface area (Å²) in [6.07, 6.45) is 2.37. The second kappa shape index (κ2) is 6.74. The van der Waals surface area contributed by atoms with Gasteiger partial charge in [0, 0.05) is 43.9 Å². The normalized spacial score (nSPS) is 19.2. The van der Waals surface area contributed by atoms with Crippen molar-refractivity contribution in [1.29, 1.82) is 0 Å². The van der Waals surface area contributed by atoms with Crippen LogP contribution in [0.3, 0.4) is 0 Å². The Morgan fingerprint density at radius 2 is 2.12 bits per heavy atom. The van der Waals surface area contributed by atoms with Crippen LogP contribution in [0.1, 0.15) is 16.1 Å². The first-order valence-electron chi connectivity index (χ1n) is 8.47. The third-order valence-electron chi connectivity index (χ3n) is 4.62. The van der Waals surface area contributed by atoms with Gasteiger partial charge in [0.2, 0.25) is 0 Å². The summed E-state index contributed by atoms with van der Waals surface area (Å²) in [7, 11) is 0. The topological polar surface area (TPSA) is 72.7 Å². The maximum Gasteiger partial charge on any atom is 0.257 e. The summed E-state index contributed by atoms with van der Waals surface area (Å²) in [5, 5.41) is 11.5. The van der Waals surface area contributed by atoms with Crippen molar-refractivity contribution in [2.75, 3.05) is 26.2 Å². The van der Waals surface area contributed by atoms with Crippen molar-refractivity contribution < 1.29 is 14.3 Å². The summed E-state index contributed by atoms with van der Waals surface area (Å²) in [5.74, 6) is -0.0970. The highest BCUT2D eigenvalue weighted by atomic mass is 16.3. The van der Waals surface area contributed by atoms with E-state index >= 15 is 0 Å². The smallest absolute Gasteiger partial charge is 0.257 e. The molecule has 0 spiro atoms. The van der Waals surface area contributed by atoms with Gasteiger partial charge in [-0.05, 0) is 23.6 Å². The largest absolute Gasteiger partial charge is 0.472 e. The summed E-state index contributed by atoms with van der Waals surface area (Å²) >= 11 is 0. The number of hydrogen-bond donors (Lipinski definition) is 2. The fraction of sp³-hybridized carbons (Fsp3) is 0.316. The van der Waals surface area contributed by atoms with Crippen LogP contribution in [0, 0.1) is 0 Å². The van der Waals surface area contributed by atoms with Crippen LogP contribution < -0.4 is 0 Å². The molecular weight excluding hydrogens is 318 g/mol. The van der Waals surface area contributed by atoms with Crippen LogP contribution in [0.5, 0.6) is 0 Å². The number of aromatic nitrogens is 1. The molecule has 25 heavy (non-hydrogen) atoms. The Morgan fingerprint density at radius 1 is 1.24 bits per heavy atom. The minimum atomic E-state index is -0.567. The van der Waals surface area contributed by atoms with Crippen LogP contribution in [0.25, 0.3) is 10.9 Å². The van der Waals surface area contributed by atoms with Gasteiger partial charge in [-0.2, -0.15) is 0 Å². The summed E-state index contributed by atoms with van der Waals surface area (Å²) in [6.45, 7) is 2.91. The Balaban J connectivity index is 1.44. The molecule has 0 aliphatic carbocycles. The summed E-state index contributed by atoms with van der Waals surface area (Å²) in [4.78, 5) is 19.8. The van der Waals surface area contributed by atoms with Crippen molar-refractivity contribution >= 4 is 16.8 Å². The average molecular weight is 339 g/mol. The van der Waals surface area contributed by atoms with Crippen molar-refractivity contribution in [2.45, 2.75) is 12.6 Å². The molecule has 130 valence electrons. The molecule has 6 heteroatoms. The number of aromatic amines is 1. The van der Waals surface area contributed by atoms with Crippen LogP contribution in [0.15, 0.2) is 53.3 Å². The summed E-state index contributed by atoms with van der Waals surface area (Å²) in [6, 6.07) is 12.0. The van der Waals surface area contributed by atoms with Gasteiger partial charge < -0.3 is 19.4 Å². The van der Waals surface area contributed by atoms with E-state index in [9.17, 15) is 9.90 Å². The van der Waals surface area contributed by atoms with E-state index in [1.54, 1.807) is 11.0 Å². The van der Waals surface area contributed by atoms with Crippen molar-refractivity contribution in [2.24, 2.45) is 0 Å². The monoisotopic (exact) mass is 339 g/mol. The van der Waals surface area contributed by atoms with Gasteiger partial charge in [-0.25, -0.2) is 0 Å². The number of para-hydroxylation sites is 1. The Hall–Kier alpha value is -2.57. The molecule has 2 N–H and O–H groups in total. The van der Waals surface area contributed by atoms with E-state index in [1.807, 2.05) is 12.1 Å². The predicted octanol–water partition coefficient (Wildman–Crippen LogP) is 2.08. The van der Waals surface area contributed by atoms with Gasteiger partial charge in [-0.3, -0.25) is 9.69 Å². The molecule has 1 unspecified atom stereocenters. The molecule has 1 amide bonds. The maximum absolute atomic E-state index is 12.5. The standard InChI is InChI=1S/C19H21N3O3/c23-17-11-21(10-16-9-14-3-1-2-4-18(14)20-16)6-7-22(12-17)19(24)15-5-8-25-13-15/h1-5,8-9,13,17,20,23H,6-7,10-12H2. The van der Waals surface area contributed by atoms with Crippen LogP contribution in [0.4, 0.5) is 0 Å². The van der Waals surface area contributed by atoms with Crippen LogP contribution in [-0.4, -0.2) is 58.1 Å². The molecule has 1 fully saturated rings. The molecule has 4 rings (SSSR count). The lowest BCUT2D eigenvalue weighted by Crippen LogP contribution is -2.37. The van der Waals surface area contributed by atoms with Gasteiger partial charge in [-0.1, -0.05) is 18.2 Å². The van der Waals surface area contributed by atoms with Gasteiger partial charge in [-0.15, -0.1) is 0 Å². The molecule has 1 aliphatic rings. The molecular formula is C19H21N3O3. The molecule has 3 aromatic rings. The van der Waals surface area contributed by atoms with Crippen LogP contribution in [0.2, 0.25) is 0 Å². The van der Waals surface area contributed by atoms with Gasteiger partial charge >= 0.3 is 0 Å². The van der Waals surface area contributed by atoms with Crippen molar-refractivity contribution in [3.05, 3.63) is 60.2 Å². The molecule has 0 radical (unpaired) electrons. The maximum atomic E-state index is 12.5. The fourth-order valence-corrected chi connectivity index (χ4v) is 3.41. The van der Waals surface area contributed by atoms with Crippen LogP contribution >= 0.6 is 0 Å². The van der Waals surface area contributed by atoms with E-state index in [4.69, 9.17) is 4.42 Å². The number of aliphatic hydroxyl groups excluding tert-OH is 1. The molecule has 3 heterocycles. The lowest BCUT2D eigenvalue weighted by Gasteiger charge is -2.21. The molecule has 1 aromatic carbocycles. The Bertz CT molecular complexity index is 823. The number of fused-ring (bicyclic) bond motifs is 1. The zero-order valence-corrected chi connectivity index (χ0v) is 13.9. The highest BCUT2D eigenvalue weighted by molar-refractivity contribution is 5.93. The number of β-amino-alcohol motifs (C(OH)–C–C–N with tert-alkyl or cyclic N) is 1. The molecule has 0 bridgehead atoms. The molecule has 0 saturated carbocycles. The molecule has 1 aliphatic heterocycles. The number of carbonyl (C=O) groups is 1. The number of hydrogen-bond acceptors (Lipinski definition) is 4. The number of nitrogens with zero attached hydrogens (tertiary/aromatic N) is 2. The number of amides is 1. The van der Waals surface area contributed by atoms with Crippen molar-refractivity contribution in [3.63, 3.8) is 0 Å². The van der Waals surface area contributed by atoms with E-state index in [0.717, 1.165) is 24.3 Å². The van der Waals surface area contributed by atoms with Gasteiger partial charge in [0.05, 0.1) is 17.9 Å². The van der Waals surface area contributed by atoms with Crippen molar-refractivity contribution in [3.8, 4) is 0 Å². The van der Waals surface area contributed by atoms with Gasteiger partial charge in [0.25, 0.3) is 5.91 Å². The fourth-order valence-electron chi connectivity index (χ4n) is 3.41. The van der Waals surface area contributed by atoms with Gasteiger partial charge in [0.15, 0.2) is 0 Å². The SMILES string of the molecule is O=C(c1ccoc1)N1CCN(Cc2cc3ccccc3[nH]2)CC(O)C1. The number of aliphatic hydroxyl groups is 1. The Kier molecular flexibility index (Phi) is 4.29. The van der Waals surface area contributed by atoms with Crippen LogP contribution in [-0.2, 0) is 6.54 Å². The Labute approximate surface area is 145 Å². The summed E-state index contributed by atoms with van der Waals surface area (Å²) < 4.78 is 4.99. The number of rotatable bonds is 3. The number of carbonyl (C=O) groups excluding carboxylic acids is 1. The van der Waals surface area contributed by atoms with Crippen molar-refractivity contribution in [1.82, 2.24) is 14.8 Å². The summed E-state index contributed by atoms with van der Waals surface area (Å²) in [5.41, 5.74) is 2.75. The number of nitrogens with one attached hydrogen (secondary N) is 1. The first kappa shape index (κ1) is 15.9. The van der Waals surface area contributed by atoms with E-state index < -0.39 is 6.10 Å². The lowest BCUT2D eigenvalue weighted by molar-refractivity contribution is 0.0662. The first-order valence-corrected chi connectivity index (χ1v) is 8.47. The molecule has 1 saturated heterocycles. The zero-order valence-electron chi connectivity index (χ0n) is 13.9. The number of benzene rings is 1. The third kappa shape index (κ3) is 3.45. The number of H-pyrrole nitrogens is 1. The predicted molar refractivity (Wildman–Crippen MR) is 94.2 cm³/mol. The average Bonchev–Trinajstić information content (AvgIpc) is 3.22. The molecule has 6 nitrogen and oxygen atoms in total. The van der Waals surface area contributed by atoms with Gasteiger partial charge in [0.1, 0.15) is 6.26 Å². The minimum Gasteiger partial charge on any atom is -0.472 e. The third-order valence-corrected chi connectivity index (χ3v) is 4.62. The van der Waals surface area contributed by atoms with E-state index in [2.05, 4.69) is 28.1 Å².